The molecule has 0 amide bonds. The molecular formula is C8H11B2F3OS. The first-order valence-corrected chi connectivity index (χ1v) is 5.58. The first-order valence-electron chi connectivity index (χ1n) is 4.26. The van der Waals surface area contributed by atoms with Crippen molar-refractivity contribution in [1.29, 1.82) is 0 Å². The monoisotopic (exact) mass is 234 g/mol. The molecule has 0 spiro atoms. The Morgan fingerprint density at radius 1 is 1.40 bits per heavy atom. The maximum atomic E-state index is 13.0. The summed E-state index contributed by atoms with van der Waals surface area (Å²) in [7, 11) is 7.62. The molecule has 0 aliphatic heterocycles. The molecule has 1 nitrogen and oxygen atoms in total. The van der Waals surface area contributed by atoms with E-state index in [4.69, 9.17) is 7.85 Å². The molecule has 0 heterocycles. The van der Waals surface area contributed by atoms with E-state index in [1.165, 1.54) is 0 Å². The van der Waals surface area contributed by atoms with Gasteiger partial charge < -0.3 is 0 Å². The Kier molecular flexibility index (Phi) is 5.17. The smallest absolute Gasteiger partial charge is 0.224 e. The van der Waals surface area contributed by atoms with Crippen molar-refractivity contribution in [3.8, 4) is 0 Å². The highest BCUT2D eigenvalue weighted by Crippen LogP contribution is 2.30. The summed E-state index contributed by atoms with van der Waals surface area (Å²) in [5.74, 6) is -4.04. The molecule has 0 aromatic carbocycles. The Balaban J connectivity index is 4.07. The summed E-state index contributed by atoms with van der Waals surface area (Å²) in [6.45, 7) is 4.96. The molecule has 4 radical (unpaired) electrons. The van der Waals surface area contributed by atoms with Gasteiger partial charge in [-0.25, -0.2) is 13.2 Å². The van der Waals surface area contributed by atoms with Gasteiger partial charge in [-0.05, 0) is 19.8 Å². The number of allylic oxidation sites excluding steroid dienone is 1. The number of hydrogen-bond donors (Lipinski definition) is 0. The van der Waals surface area contributed by atoms with Crippen molar-refractivity contribution in [2.45, 2.75) is 31.2 Å². The lowest BCUT2D eigenvalue weighted by Gasteiger charge is -2.28. The average Bonchev–Trinajstić information content (AvgIpc) is 2.01. The van der Waals surface area contributed by atoms with Crippen molar-refractivity contribution in [2.24, 2.45) is 0 Å². The van der Waals surface area contributed by atoms with E-state index in [-0.39, 0.29) is 12.2 Å². The van der Waals surface area contributed by atoms with Crippen LogP contribution < -0.4 is 0 Å². The van der Waals surface area contributed by atoms with Gasteiger partial charge in [0.25, 0.3) is 0 Å². The van der Waals surface area contributed by atoms with E-state index in [1.807, 2.05) is 0 Å². The standard InChI is InChI=1S/C8H11B2F3OS/c1-6(2)15(14)5-3-4-7(9,11)8(10,12)13/h1,3-5H2,2H3. The van der Waals surface area contributed by atoms with E-state index in [0.29, 0.717) is 4.91 Å². The minimum Gasteiger partial charge on any atom is -0.255 e. The molecule has 2 unspecified atom stereocenters. The first kappa shape index (κ1) is 14.8. The molecular weight excluding hydrogens is 223 g/mol. The van der Waals surface area contributed by atoms with Gasteiger partial charge in [-0.2, -0.15) is 0 Å². The van der Waals surface area contributed by atoms with Crippen molar-refractivity contribution in [2.75, 3.05) is 5.75 Å². The number of alkyl halides is 3. The van der Waals surface area contributed by atoms with Crippen molar-refractivity contribution >= 4 is 26.5 Å². The Hall–Kier alpha value is -0.190. The molecule has 0 fully saturated rings. The minimum atomic E-state index is -4.09. The minimum absolute atomic E-state index is 0.0424. The zero-order chi connectivity index (χ0) is 12.3. The van der Waals surface area contributed by atoms with Gasteiger partial charge in [-0.1, -0.05) is 6.58 Å². The van der Waals surface area contributed by atoms with E-state index in [9.17, 15) is 17.4 Å². The van der Waals surface area contributed by atoms with Gasteiger partial charge in [0, 0.05) is 21.5 Å². The molecule has 0 aliphatic carbocycles. The normalized spacial score (nSPS) is 18.1. The van der Waals surface area contributed by atoms with Crippen molar-refractivity contribution < 1.29 is 17.4 Å². The summed E-state index contributed by atoms with van der Waals surface area (Å²) < 4.78 is 48.9. The highest BCUT2D eigenvalue weighted by atomic mass is 32.2. The zero-order valence-electron chi connectivity index (χ0n) is 8.43. The van der Waals surface area contributed by atoms with Crippen LogP contribution in [0.25, 0.3) is 0 Å². The average molecular weight is 234 g/mol. The molecule has 0 rings (SSSR count). The maximum Gasteiger partial charge on any atom is 0.224 e. The van der Waals surface area contributed by atoms with E-state index in [2.05, 4.69) is 14.4 Å². The SMILES string of the molecule is [B]C(F)(F)C([B])(F)CCCS(=O)C(=C)C. The van der Waals surface area contributed by atoms with E-state index >= 15 is 0 Å². The maximum absolute atomic E-state index is 13.0. The predicted octanol–water partition coefficient (Wildman–Crippen LogP) is 1.64. The van der Waals surface area contributed by atoms with Gasteiger partial charge in [0.15, 0.2) is 7.85 Å². The lowest BCUT2D eigenvalue weighted by atomic mass is 9.67. The molecule has 7 heteroatoms. The summed E-state index contributed by atoms with van der Waals surface area (Å²) in [6, 6.07) is 0. The van der Waals surface area contributed by atoms with Crippen LogP contribution in [0.1, 0.15) is 19.8 Å². The number of hydrogen-bond acceptors (Lipinski definition) is 1. The summed E-state index contributed by atoms with van der Waals surface area (Å²) in [5.41, 5.74) is -3.26. The van der Waals surface area contributed by atoms with Gasteiger partial charge in [0.1, 0.15) is 13.4 Å². The fraction of sp³-hybridized carbons (Fsp3) is 0.750. The summed E-state index contributed by atoms with van der Waals surface area (Å²) in [5, 5.41) is 0. The largest absolute Gasteiger partial charge is 0.255 e. The van der Waals surface area contributed by atoms with Crippen molar-refractivity contribution in [1.82, 2.24) is 0 Å². The van der Waals surface area contributed by atoms with Gasteiger partial charge in [-0.15, -0.1) is 0 Å². The van der Waals surface area contributed by atoms with Crippen LogP contribution in [0, 0.1) is 0 Å². The van der Waals surface area contributed by atoms with Crippen LogP contribution in [-0.4, -0.2) is 37.0 Å². The Morgan fingerprint density at radius 2 is 1.87 bits per heavy atom. The second-order valence-corrected chi connectivity index (χ2v) is 5.14. The summed E-state index contributed by atoms with van der Waals surface area (Å²) >= 11 is 0. The molecule has 15 heavy (non-hydrogen) atoms. The van der Waals surface area contributed by atoms with Crippen molar-refractivity contribution in [3.63, 3.8) is 0 Å². The third-order valence-corrected chi connectivity index (χ3v) is 3.25. The topological polar surface area (TPSA) is 17.1 Å². The van der Waals surface area contributed by atoms with Crippen LogP contribution in [0.3, 0.4) is 0 Å². The molecule has 0 saturated carbocycles. The molecule has 0 aliphatic rings. The van der Waals surface area contributed by atoms with Crippen LogP contribution in [0.2, 0.25) is 0 Å². The van der Waals surface area contributed by atoms with Gasteiger partial charge >= 0.3 is 0 Å². The molecule has 0 saturated heterocycles. The lowest BCUT2D eigenvalue weighted by Crippen LogP contribution is -2.45. The second-order valence-electron chi connectivity index (χ2n) is 3.34. The van der Waals surface area contributed by atoms with Gasteiger partial charge in [-0.3, -0.25) is 4.21 Å². The fourth-order valence-corrected chi connectivity index (χ4v) is 1.56. The Labute approximate surface area is 92.8 Å². The Morgan fingerprint density at radius 3 is 2.20 bits per heavy atom. The predicted molar refractivity (Wildman–Crippen MR) is 57.4 cm³/mol. The van der Waals surface area contributed by atoms with Crippen LogP contribution in [-0.2, 0) is 10.8 Å². The molecule has 0 aromatic heterocycles. The van der Waals surface area contributed by atoms with Gasteiger partial charge in [0.05, 0.1) is 0 Å². The Bertz CT molecular complexity index is 263. The van der Waals surface area contributed by atoms with Crippen LogP contribution in [0.4, 0.5) is 13.2 Å². The first-order chi connectivity index (χ1) is 6.58. The molecule has 0 aromatic rings. The summed E-state index contributed by atoms with van der Waals surface area (Å²) in [6.07, 6.45) is -0.686. The molecule has 82 valence electrons. The molecule has 0 bridgehead atoms. The fourth-order valence-electron chi connectivity index (χ4n) is 0.801. The van der Waals surface area contributed by atoms with E-state index in [1.54, 1.807) is 6.92 Å². The van der Waals surface area contributed by atoms with Crippen molar-refractivity contribution in [3.05, 3.63) is 11.5 Å². The van der Waals surface area contributed by atoms with E-state index < -0.39 is 28.6 Å². The highest BCUT2D eigenvalue weighted by molar-refractivity contribution is 7.88. The highest BCUT2D eigenvalue weighted by Gasteiger charge is 2.44. The van der Waals surface area contributed by atoms with E-state index in [0.717, 1.165) is 0 Å². The van der Waals surface area contributed by atoms with Crippen LogP contribution >= 0.6 is 0 Å². The van der Waals surface area contributed by atoms with Crippen LogP contribution in [0.5, 0.6) is 0 Å². The lowest BCUT2D eigenvalue weighted by molar-refractivity contribution is -0.0252. The van der Waals surface area contributed by atoms with Gasteiger partial charge in [0.2, 0.25) is 5.82 Å². The second kappa shape index (κ2) is 5.23. The third-order valence-electron chi connectivity index (χ3n) is 1.81. The number of halogens is 3. The molecule has 0 N–H and O–H groups in total. The summed E-state index contributed by atoms with van der Waals surface area (Å²) in [4.78, 5) is 0.413. The molecule has 2 atom stereocenters. The zero-order valence-corrected chi connectivity index (χ0v) is 9.25. The van der Waals surface area contributed by atoms with Crippen LogP contribution in [0.15, 0.2) is 11.5 Å². The quantitative estimate of drug-likeness (QED) is 0.638. The third kappa shape index (κ3) is 4.91. The number of rotatable bonds is 6.